The Morgan fingerprint density at radius 1 is 0.340 bits per heavy atom. The van der Waals surface area contributed by atoms with Gasteiger partial charge in [-0.2, -0.15) is 0 Å². The molecule has 0 amide bonds. The van der Waals surface area contributed by atoms with Crippen molar-refractivity contribution >= 4 is 65.0 Å². The van der Waals surface area contributed by atoms with E-state index in [1.54, 1.807) is 0 Å². The number of furan rings is 1. The zero-order valence-corrected chi connectivity index (χ0v) is 28.4. The number of hydrogen-bond acceptors (Lipinski definition) is 1. The molecule has 11 aromatic rings. The summed E-state index contributed by atoms with van der Waals surface area (Å²) < 4.78 is 62.9. The van der Waals surface area contributed by atoms with Crippen LogP contribution < -0.4 is 0 Å². The Labute approximate surface area is 315 Å². The normalized spacial score (nSPS) is 13.4. The van der Waals surface area contributed by atoms with Crippen molar-refractivity contribution in [3.63, 3.8) is 0 Å². The molecule has 53 heavy (non-hydrogen) atoms. The van der Waals surface area contributed by atoms with E-state index in [4.69, 9.17) is 7.16 Å². The van der Waals surface area contributed by atoms with Gasteiger partial charge in [-0.15, -0.1) is 0 Å². The summed E-state index contributed by atoms with van der Waals surface area (Å²) in [5.74, 6) is 0. The maximum absolute atomic E-state index is 9.84. The van der Waals surface area contributed by atoms with Crippen molar-refractivity contribution in [1.29, 1.82) is 0 Å². The minimum Gasteiger partial charge on any atom is -0.455 e. The molecule has 0 bridgehead atoms. The van der Waals surface area contributed by atoms with Gasteiger partial charge in [0.05, 0.1) is 8.22 Å². The Kier molecular flexibility index (Phi) is 5.40. The van der Waals surface area contributed by atoms with Gasteiger partial charge in [0.1, 0.15) is 11.2 Å². The van der Waals surface area contributed by atoms with Gasteiger partial charge in [0, 0.05) is 16.3 Å². The summed E-state index contributed by atoms with van der Waals surface area (Å²) in [4.78, 5) is 0. The molecule has 1 heteroatoms. The fourth-order valence-corrected chi connectivity index (χ4v) is 8.28. The molecule has 1 nitrogen and oxygen atoms in total. The Morgan fingerprint density at radius 3 is 1.66 bits per heavy atom. The van der Waals surface area contributed by atoms with Crippen LogP contribution in [-0.2, 0) is 0 Å². The van der Waals surface area contributed by atoms with Crippen LogP contribution in [0.2, 0.25) is 0 Å². The molecule has 0 aliphatic rings. The Hall–Kier alpha value is -6.96. The molecule has 0 fully saturated rings. The highest BCUT2D eigenvalue weighted by Gasteiger charge is 2.20. The van der Waals surface area contributed by atoms with Gasteiger partial charge in [-0.3, -0.25) is 0 Å². The van der Waals surface area contributed by atoms with Crippen LogP contribution in [0.4, 0.5) is 0 Å². The van der Waals surface area contributed by atoms with Crippen molar-refractivity contribution in [2.75, 3.05) is 0 Å². The van der Waals surface area contributed by atoms with Crippen LogP contribution in [0.3, 0.4) is 0 Å². The van der Waals surface area contributed by atoms with Crippen molar-refractivity contribution in [2.45, 2.75) is 0 Å². The van der Waals surface area contributed by atoms with Crippen LogP contribution >= 0.6 is 0 Å². The predicted octanol–water partition coefficient (Wildman–Crippen LogP) is 14.9. The minimum atomic E-state index is -0.398. The molecule has 246 valence electrons. The standard InChI is InChI=1S/C52H32O/c1-2-15-34(16-3-1)50-42-21-8-10-23-44(42)51(45-24-11-9-22-43(45)50)46-31-30-37(38-19-6-7-20-40(38)46)35-28-29-41-48-27-13-26-47(52(48)53-49(41)32-35)39-25-12-17-33-14-4-5-18-36(33)39/h1-32H/i6D,7D,19D,20D,30D,31D. The number of fused-ring (bicyclic) bond motifs is 7. The molecule has 0 saturated carbocycles. The van der Waals surface area contributed by atoms with Gasteiger partial charge >= 0.3 is 0 Å². The largest absolute Gasteiger partial charge is 0.455 e. The van der Waals surface area contributed by atoms with Crippen LogP contribution in [0.5, 0.6) is 0 Å². The molecule has 0 aliphatic heterocycles. The smallest absolute Gasteiger partial charge is 0.143 e. The summed E-state index contributed by atoms with van der Waals surface area (Å²) in [6.07, 6.45) is 0. The van der Waals surface area contributed by atoms with Crippen molar-refractivity contribution in [3.8, 4) is 44.5 Å². The first kappa shape index (κ1) is 24.3. The second-order valence-electron chi connectivity index (χ2n) is 13.5. The Balaban J connectivity index is 1.22. The summed E-state index contributed by atoms with van der Waals surface area (Å²) in [5, 5.41) is 7.98. The summed E-state index contributed by atoms with van der Waals surface area (Å²) in [5.41, 5.74) is 7.11. The molecular formula is C52H32O. The van der Waals surface area contributed by atoms with Crippen LogP contribution in [0, 0.1) is 0 Å². The van der Waals surface area contributed by atoms with Gasteiger partial charge in [-0.05, 0) is 94.2 Å². The molecule has 0 saturated heterocycles. The summed E-state index contributed by atoms with van der Waals surface area (Å²) in [6, 6.07) is 50.9. The van der Waals surface area contributed by atoms with E-state index in [0.717, 1.165) is 70.9 Å². The third kappa shape index (κ3) is 4.58. The maximum atomic E-state index is 9.84. The minimum absolute atomic E-state index is 0.122. The van der Waals surface area contributed by atoms with E-state index in [0.29, 0.717) is 22.3 Å². The Morgan fingerprint density at radius 2 is 0.906 bits per heavy atom. The second-order valence-corrected chi connectivity index (χ2v) is 13.5. The first-order chi connectivity index (χ1) is 28.8. The SMILES string of the molecule is [2H]c1c([2H])c([2H])c2c(-c3c4ccccc4c(-c4ccccc4)c4ccccc34)c([2H])c([2H])c(-c3ccc4c(c3)oc3c(-c5cccc6ccccc56)cccc34)c2c1[2H]. The average molecular weight is 679 g/mol. The predicted molar refractivity (Wildman–Crippen MR) is 225 cm³/mol. The first-order valence-corrected chi connectivity index (χ1v) is 17.8. The summed E-state index contributed by atoms with van der Waals surface area (Å²) >= 11 is 0. The van der Waals surface area contributed by atoms with Gasteiger partial charge in [0.25, 0.3) is 0 Å². The van der Waals surface area contributed by atoms with E-state index in [1.807, 2.05) is 103 Å². The third-order valence-electron chi connectivity index (χ3n) is 10.6. The second kappa shape index (κ2) is 11.8. The number of hydrogen-bond donors (Lipinski definition) is 0. The summed E-state index contributed by atoms with van der Waals surface area (Å²) in [7, 11) is 0. The van der Waals surface area contributed by atoms with Crippen molar-refractivity contribution in [2.24, 2.45) is 0 Å². The molecule has 0 N–H and O–H groups in total. The van der Waals surface area contributed by atoms with Crippen LogP contribution in [0.1, 0.15) is 8.22 Å². The van der Waals surface area contributed by atoms with Gasteiger partial charge in [-0.25, -0.2) is 0 Å². The van der Waals surface area contributed by atoms with E-state index in [2.05, 4.69) is 54.6 Å². The van der Waals surface area contributed by atoms with E-state index in [1.165, 1.54) is 0 Å². The lowest BCUT2D eigenvalue weighted by Crippen LogP contribution is -1.92. The van der Waals surface area contributed by atoms with E-state index in [9.17, 15) is 5.48 Å². The molecule has 11 rings (SSSR count). The number of para-hydroxylation sites is 1. The third-order valence-corrected chi connectivity index (χ3v) is 10.6. The Bertz CT molecular complexity index is 3510. The zero-order chi connectivity index (χ0) is 40.1. The fourth-order valence-electron chi connectivity index (χ4n) is 8.28. The lowest BCUT2D eigenvalue weighted by molar-refractivity contribution is 0.670. The lowest BCUT2D eigenvalue weighted by atomic mass is 9.84. The van der Waals surface area contributed by atoms with Crippen LogP contribution in [-0.4, -0.2) is 0 Å². The molecular weight excluding hydrogens is 641 g/mol. The highest BCUT2D eigenvalue weighted by Crippen LogP contribution is 2.47. The van der Waals surface area contributed by atoms with Crippen molar-refractivity contribution < 1.29 is 12.6 Å². The van der Waals surface area contributed by atoms with Crippen LogP contribution in [0.15, 0.2) is 198 Å². The molecule has 0 unspecified atom stereocenters. The fraction of sp³-hybridized carbons (Fsp3) is 0. The van der Waals surface area contributed by atoms with Crippen LogP contribution in [0.25, 0.3) is 110 Å². The monoisotopic (exact) mass is 678 g/mol. The average Bonchev–Trinajstić information content (AvgIpc) is 3.66. The lowest BCUT2D eigenvalue weighted by Gasteiger charge is -2.19. The highest BCUT2D eigenvalue weighted by molar-refractivity contribution is 6.24. The molecule has 0 radical (unpaired) electrons. The zero-order valence-electron chi connectivity index (χ0n) is 34.4. The molecule has 10 aromatic carbocycles. The van der Waals surface area contributed by atoms with E-state index in [-0.39, 0.29) is 40.5 Å². The van der Waals surface area contributed by atoms with Gasteiger partial charge < -0.3 is 4.42 Å². The molecule has 0 aliphatic carbocycles. The highest BCUT2D eigenvalue weighted by atomic mass is 16.3. The van der Waals surface area contributed by atoms with Crippen molar-refractivity contribution in [3.05, 3.63) is 194 Å². The number of rotatable bonds is 4. The summed E-state index contributed by atoms with van der Waals surface area (Å²) in [6.45, 7) is 0. The van der Waals surface area contributed by atoms with Gasteiger partial charge in [-0.1, -0.05) is 182 Å². The van der Waals surface area contributed by atoms with E-state index < -0.39 is 12.1 Å². The van der Waals surface area contributed by atoms with Crippen molar-refractivity contribution in [1.82, 2.24) is 0 Å². The van der Waals surface area contributed by atoms with E-state index >= 15 is 0 Å². The van der Waals surface area contributed by atoms with Gasteiger partial charge in [0.15, 0.2) is 0 Å². The van der Waals surface area contributed by atoms with Gasteiger partial charge in [0.2, 0.25) is 0 Å². The topological polar surface area (TPSA) is 13.1 Å². The molecule has 0 spiro atoms. The quantitative estimate of drug-likeness (QED) is 0.169. The first-order valence-electron chi connectivity index (χ1n) is 20.8. The molecule has 1 heterocycles. The maximum Gasteiger partial charge on any atom is 0.143 e. The number of benzene rings is 10. The molecule has 1 aromatic heterocycles. The molecule has 0 atom stereocenters.